The molecule has 2 aliphatic heterocycles. The number of hydrogen-bond acceptors (Lipinski definition) is 4. The number of aliphatic hydroxyl groups excluding tert-OH is 1. The minimum Gasteiger partial charge on any atom is -0.396 e. The van der Waals surface area contributed by atoms with Crippen molar-refractivity contribution in [3.05, 3.63) is 34.9 Å². The summed E-state index contributed by atoms with van der Waals surface area (Å²) in [4.78, 5) is 37.8. The number of rotatable bonds is 3. The Morgan fingerprint density at radius 2 is 1.95 bits per heavy atom. The summed E-state index contributed by atoms with van der Waals surface area (Å²) >= 11 is 0. The molecule has 0 saturated carbocycles. The molecule has 1 aromatic carbocycles. The maximum Gasteiger partial charge on any atom is 0.262 e. The quantitative estimate of drug-likeness (QED) is 0.772. The Kier molecular flexibility index (Phi) is 3.47. The molecule has 110 valence electrons. The topological polar surface area (TPSA) is 86.7 Å². The van der Waals surface area contributed by atoms with Gasteiger partial charge in [-0.15, -0.1) is 0 Å². The molecular weight excluding hydrogens is 272 g/mol. The molecule has 0 bridgehead atoms. The molecule has 1 fully saturated rings. The molecule has 3 rings (SSSR count). The molecule has 1 aromatic rings. The molecule has 1 atom stereocenters. The Morgan fingerprint density at radius 1 is 1.19 bits per heavy atom. The largest absolute Gasteiger partial charge is 0.396 e. The second-order valence-corrected chi connectivity index (χ2v) is 5.28. The van der Waals surface area contributed by atoms with Crippen LogP contribution in [0.1, 0.15) is 39.1 Å². The molecule has 0 aromatic heterocycles. The summed E-state index contributed by atoms with van der Waals surface area (Å²) in [7, 11) is 0. The number of amides is 3. The number of carbonyl (C=O) groups excluding carboxylic acids is 3. The van der Waals surface area contributed by atoms with Crippen molar-refractivity contribution in [2.45, 2.75) is 25.3 Å². The van der Waals surface area contributed by atoms with E-state index in [0.717, 1.165) is 16.9 Å². The van der Waals surface area contributed by atoms with Gasteiger partial charge in [-0.05, 0) is 37.0 Å². The van der Waals surface area contributed by atoms with E-state index in [9.17, 15) is 14.4 Å². The fraction of sp³-hybridized carbons (Fsp3) is 0.400. The van der Waals surface area contributed by atoms with Crippen LogP contribution in [0.4, 0.5) is 0 Å². The number of imide groups is 1. The third-order valence-electron chi connectivity index (χ3n) is 3.95. The van der Waals surface area contributed by atoms with Crippen LogP contribution in [0.5, 0.6) is 0 Å². The average Bonchev–Trinajstić information content (AvgIpc) is 2.72. The van der Waals surface area contributed by atoms with Gasteiger partial charge < -0.3 is 10.4 Å². The Bertz CT molecular complexity index is 626. The van der Waals surface area contributed by atoms with E-state index < -0.39 is 17.9 Å². The van der Waals surface area contributed by atoms with Gasteiger partial charge in [-0.2, -0.15) is 0 Å². The first-order valence-corrected chi connectivity index (χ1v) is 7.03. The highest BCUT2D eigenvalue weighted by Gasteiger charge is 2.43. The smallest absolute Gasteiger partial charge is 0.262 e. The fourth-order valence-corrected chi connectivity index (χ4v) is 2.88. The van der Waals surface area contributed by atoms with Crippen LogP contribution in [0.25, 0.3) is 0 Å². The van der Waals surface area contributed by atoms with Crippen LogP contribution >= 0.6 is 0 Å². The van der Waals surface area contributed by atoms with Crippen molar-refractivity contribution < 1.29 is 19.5 Å². The van der Waals surface area contributed by atoms with Gasteiger partial charge in [0.15, 0.2) is 0 Å². The molecule has 0 radical (unpaired) electrons. The second kappa shape index (κ2) is 5.29. The lowest BCUT2D eigenvalue weighted by molar-refractivity contribution is -0.126. The number of fused-ring (bicyclic) bond motifs is 1. The molecule has 2 N–H and O–H groups in total. The number of carbonyl (C=O) groups is 3. The van der Waals surface area contributed by atoms with Crippen LogP contribution in [0.2, 0.25) is 0 Å². The van der Waals surface area contributed by atoms with Crippen LogP contribution in [0.15, 0.2) is 18.2 Å². The van der Waals surface area contributed by atoms with Crippen molar-refractivity contribution in [1.82, 2.24) is 10.2 Å². The lowest BCUT2D eigenvalue weighted by Gasteiger charge is -2.28. The summed E-state index contributed by atoms with van der Waals surface area (Å²) in [6.07, 6.45) is 1.68. The molecule has 1 saturated heterocycles. The molecule has 0 aliphatic carbocycles. The Hall–Kier alpha value is -2.21. The van der Waals surface area contributed by atoms with E-state index in [1.807, 2.05) is 0 Å². The first-order chi connectivity index (χ1) is 10.1. The summed E-state index contributed by atoms with van der Waals surface area (Å²) in [5.41, 5.74) is 1.46. The highest BCUT2D eigenvalue weighted by atomic mass is 16.3. The van der Waals surface area contributed by atoms with Crippen molar-refractivity contribution in [3.8, 4) is 0 Å². The van der Waals surface area contributed by atoms with Gasteiger partial charge in [0.1, 0.15) is 6.04 Å². The van der Waals surface area contributed by atoms with E-state index in [0.29, 0.717) is 30.5 Å². The Labute approximate surface area is 121 Å². The minimum atomic E-state index is -0.715. The zero-order valence-corrected chi connectivity index (χ0v) is 11.5. The van der Waals surface area contributed by atoms with E-state index in [-0.39, 0.29) is 12.5 Å². The first kappa shape index (κ1) is 13.8. The highest BCUT2D eigenvalue weighted by molar-refractivity contribution is 6.23. The monoisotopic (exact) mass is 288 g/mol. The number of nitrogens with zero attached hydrogens (tertiary/aromatic N) is 1. The molecule has 2 heterocycles. The van der Waals surface area contributed by atoms with E-state index in [1.54, 1.807) is 18.2 Å². The van der Waals surface area contributed by atoms with Gasteiger partial charge in [0, 0.05) is 13.2 Å². The van der Waals surface area contributed by atoms with Crippen molar-refractivity contribution in [3.63, 3.8) is 0 Å². The third-order valence-corrected chi connectivity index (χ3v) is 3.95. The van der Waals surface area contributed by atoms with Gasteiger partial charge in [-0.25, -0.2) is 0 Å². The summed E-state index contributed by atoms with van der Waals surface area (Å²) in [5.74, 6) is -1.10. The summed E-state index contributed by atoms with van der Waals surface area (Å²) in [5, 5.41) is 11.7. The maximum absolute atomic E-state index is 12.5. The fourth-order valence-electron chi connectivity index (χ4n) is 2.88. The predicted molar refractivity (Wildman–Crippen MR) is 73.8 cm³/mol. The number of nitrogens with one attached hydrogen (secondary N) is 1. The van der Waals surface area contributed by atoms with E-state index in [1.165, 1.54) is 0 Å². The molecule has 6 heteroatoms. The summed E-state index contributed by atoms with van der Waals surface area (Å²) in [6.45, 7) is 0.564. The summed E-state index contributed by atoms with van der Waals surface area (Å²) < 4.78 is 0. The van der Waals surface area contributed by atoms with Crippen LogP contribution in [-0.4, -0.2) is 46.9 Å². The first-order valence-electron chi connectivity index (χ1n) is 7.03. The lowest BCUT2D eigenvalue weighted by atomic mass is 10.0. The Morgan fingerprint density at radius 3 is 2.67 bits per heavy atom. The minimum absolute atomic E-state index is 0.0182. The van der Waals surface area contributed by atoms with Crippen LogP contribution in [0, 0.1) is 0 Å². The lowest BCUT2D eigenvalue weighted by Crippen LogP contribution is -2.52. The SMILES string of the molecule is O=C1NCCCC1N1C(=O)c2ccc(CCO)cc2C1=O. The zero-order chi connectivity index (χ0) is 15.0. The predicted octanol–water partition coefficient (Wildman–Crippen LogP) is 0.0960. The van der Waals surface area contributed by atoms with E-state index >= 15 is 0 Å². The van der Waals surface area contributed by atoms with E-state index in [4.69, 9.17) is 5.11 Å². The van der Waals surface area contributed by atoms with Crippen molar-refractivity contribution in [1.29, 1.82) is 0 Å². The van der Waals surface area contributed by atoms with Gasteiger partial charge in [0.05, 0.1) is 11.1 Å². The van der Waals surface area contributed by atoms with Gasteiger partial charge in [0.25, 0.3) is 11.8 Å². The van der Waals surface area contributed by atoms with Gasteiger partial charge in [0.2, 0.25) is 5.91 Å². The molecule has 3 amide bonds. The molecule has 1 unspecified atom stereocenters. The van der Waals surface area contributed by atoms with Gasteiger partial charge in [-0.1, -0.05) is 6.07 Å². The van der Waals surface area contributed by atoms with Crippen molar-refractivity contribution in [2.75, 3.05) is 13.2 Å². The number of aliphatic hydroxyl groups is 1. The highest BCUT2D eigenvalue weighted by Crippen LogP contribution is 2.28. The normalized spacial score (nSPS) is 21.5. The number of hydrogen-bond donors (Lipinski definition) is 2. The third kappa shape index (κ3) is 2.21. The standard InChI is InChI=1S/C15H16N2O4/c18-7-5-9-3-4-10-11(8-9)15(21)17(14(10)20)12-2-1-6-16-13(12)19/h3-4,8,12,18H,1-2,5-7H2,(H,16,19). The maximum atomic E-state index is 12.5. The van der Waals surface area contributed by atoms with Gasteiger partial charge in [-0.3, -0.25) is 19.3 Å². The van der Waals surface area contributed by atoms with E-state index in [2.05, 4.69) is 5.32 Å². The summed E-state index contributed by atoms with van der Waals surface area (Å²) in [6, 6.07) is 4.24. The van der Waals surface area contributed by atoms with Gasteiger partial charge >= 0.3 is 0 Å². The number of benzene rings is 1. The van der Waals surface area contributed by atoms with Crippen molar-refractivity contribution in [2.24, 2.45) is 0 Å². The average molecular weight is 288 g/mol. The molecule has 21 heavy (non-hydrogen) atoms. The number of piperidine rings is 1. The van der Waals surface area contributed by atoms with Crippen LogP contribution in [0.3, 0.4) is 0 Å². The molecule has 6 nitrogen and oxygen atoms in total. The molecule has 2 aliphatic rings. The molecule has 0 spiro atoms. The second-order valence-electron chi connectivity index (χ2n) is 5.28. The van der Waals surface area contributed by atoms with Crippen molar-refractivity contribution >= 4 is 17.7 Å². The zero-order valence-electron chi connectivity index (χ0n) is 11.5. The van der Waals surface area contributed by atoms with Crippen LogP contribution in [-0.2, 0) is 11.2 Å². The van der Waals surface area contributed by atoms with Crippen LogP contribution < -0.4 is 5.32 Å². The Balaban J connectivity index is 1.94. The molecular formula is C15H16N2O4.